The summed E-state index contributed by atoms with van der Waals surface area (Å²) < 4.78 is 1.68. The lowest BCUT2D eigenvalue weighted by atomic mass is 9.95. The smallest absolute Gasteiger partial charge is 0.295 e. The molecule has 8 nitrogen and oxygen atoms in total. The second-order valence-corrected chi connectivity index (χ2v) is 10.2. The van der Waals surface area contributed by atoms with E-state index in [1.807, 2.05) is 24.0 Å². The van der Waals surface area contributed by atoms with E-state index in [0.717, 1.165) is 51.0 Å². The number of fused-ring (bicyclic) bond motifs is 1. The first-order chi connectivity index (χ1) is 17.5. The van der Waals surface area contributed by atoms with Gasteiger partial charge in [0.15, 0.2) is 11.5 Å². The van der Waals surface area contributed by atoms with Gasteiger partial charge in [-0.05, 0) is 63.3 Å². The van der Waals surface area contributed by atoms with E-state index in [-0.39, 0.29) is 17.4 Å². The first-order valence-electron chi connectivity index (χ1n) is 13.2. The second kappa shape index (κ2) is 10.8. The predicted octanol–water partition coefficient (Wildman–Crippen LogP) is 2.97. The zero-order chi connectivity index (χ0) is 25.1. The average molecular weight is 489 g/mol. The molecular formula is C28H36N6O2. The first-order valence-corrected chi connectivity index (χ1v) is 13.2. The minimum atomic E-state index is -0.108. The van der Waals surface area contributed by atoms with Crippen LogP contribution in [0.3, 0.4) is 0 Å². The Bertz CT molecular complexity index is 1260. The lowest BCUT2D eigenvalue weighted by molar-refractivity contribution is -0.125. The van der Waals surface area contributed by atoms with E-state index < -0.39 is 0 Å². The Morgan fingerprint density at radius 1 is 1.08 bits per heavy atom. The Hall–Kier alpha value is -3.26. The van der Waals surface area contributed by atoms with E-state index in [1.54, 1.807) is 10.8 Å². The van der Waals surface area contributed by atoms with Gasteiger partial charge in [0.25, 0.3) is 5.56 Å². The summed E-state index contributed by atoms with van der Waals surface area (Å²) in [6.07, 6.45) is 4.27. The van der Waals surface area contributed by atoms with Gasteiger partial charge in [0.1, 0.15) is 5.52 Å². The van der Waals surface area contributed by atoms with Gasteiger partial charge in [-0.3, -0.25) is 19.1 Å². The maximum absolute atomic E-state index is 13.1. The fourth-order valence-corrected chi connectivity index (χ4v) is 5.48. The zero-order valence-electron chi connectivity index (χ0n) is 21.3. The number of anilines is 1. The molecular weight excluding hydrogens is 452 g/mol. The van der Waals surface area contributed by atoms with Crippen molar-refractivity contribution < 1.29 is 4.79 Å². The van der Waals surface area contributed by atoms with Gasteiger partial charge in [0, 0.05) is 51.4 Å². The van der Waals surface area contributed by atoms with E-state index in [2.05, 4.69) is 51.4 Å². The number of likely N-dealkylation sites (tertiary alicyclic amines) is 1. The molecule has 0 aliphatic carbocycles. The predicted molar refractivity (Wildman–Crippen MR) is 142 cm³/mol. The maximum atomic E-state index is 13.1. The number of amides is 1. The van der Waals surface area contributed by atoms with Crippen molar-refractivity contribution in [2.45, 2.75) is 46.2 Å². The third kappa shape index (κ3) is 5.28. The second-order valence-electron chi connectivity index (χ2n) is 10.2. The Balaban J connectivity index is 1.12. The molecule has 8 heteroatoms. The average Bonchev–Trinajstić information content (AvgIpc) is 3.35. The van der Waals surface area contributed by atoms with Crippen LogP contribution in [0.15, 0.2) is 47.4 Å². The lowest BCUT2D eigenvalue weighted by Crippen LogP contribution is -2.44. The number of nitrogens with zero attached hydrogens (tertiary/aromatic N) is 5. The summed E-state index contributed by atoms with van der Waals surface area (Å²) in [5, 5.41) is 3.22. The van der Waals surface area contributed by atoms with Crippen LogP contribution in [0.1, 0.15) is 37.3 Å². The molecule has 3 aromatic rings. The zero-order valence-corrected chi connectivity index (χ0v) is 21.3. The van der Waals surface area contributed by atoms with Crippen molar-refractivity contribution in [3.63, 3.8) is 0 Å². The van der Waals surface area contributed by atoms with Crippen LogP contribution in [0, 0.1) is 18.8 Å². The van der Waals surface area contributed by atoms with Gasteiger partial charge in [-0.1, -0.05) is 29.8 Å². The van der Waals surface area contributed by atoms with Gasteiger partial charge in [0.2, 0.25) is 5.91 Å². The molecule has 36 heavy (non-hydrogen) atoms. The first kappa shape index (κ1) is 24.4. The Morgan fingerprint density at radius 3 is 2.61 bits per heavy atom. The molecule has 0 saturated carbocycles. The van der Waals surface area contributed by atoms with Crippen molar-refractivity contribution in [2.24, 2.45) is 11.8 Å². The summed E-state index contributed by atoms with van der Waals surface area (Å²) in [7, 11) is 0. The van der Waals surface area contributed by atoms with Crippen LogP contribution in [0.25, 0.3) is 11.2 Å². The SMILES string of the molecule is CCn1c(=O)c(N2CCC(C(=O)NC[C@@H]3CCN(Cc4ccc(C)cc4)C3)CC2)nc2cccnc21. The molecule has 1 N–H and O–H groups in total. The van der Waals surface area contributed by atoms with Crippen molar-refractivity contribution in [3.05, 3.63) is 64.1 Å². The van der Waals surface area contributed by atoms with E-state index in [0.29, 0.717) is 37.0 Å². The molecule has 2 fully saturated rings. The van der Waals surface area contributed by atoms with E-state index in [4.69, 9.17) is 0 Å². The molecule has 2 aliphatic rings. The van der Waals surface area contributed by atoms with Crippen molar-refractivity contribution in [2.75, 3.05) is 37.6 Å². The highest BCUT2D eigenvalue weighted by atomic mass is 16.2. The molecule has 2 aromatic heterocycles. The van der Waals surface area contributed by atoms with Crippen LogP contribution in [0.4, 0.5) is 5.82 Å². The number of carbonyl (C=O) groups excluding carboxylic acids is 1. The molecule has 1 amide bonds. The Labute approximate surface area is 212 Å². The quantitative estimate of drug-likeness (QED) is 0.551. The fraction of sp³-hybridized carbons (Fsp3) is 0.500. The molecule has 2 saturated heterocycles. The molecule has 2 aliphatic heterocycles. The van der Waals surface area contributed by atoms with Gasteiger partial charge >= 0.3 is 0 Å². The van der Waals surface area contributed by atoms with Gasteiger partial charge in [-0.2, -0.15) is 0 Å². The van der Waals surface area contributed by atoms with Crippen LogP contribution in [0.2, 0.25) is 0 Å². The number of hydrogen-bond acceptors (Lipinski definition) is 6. The summed E-state index contributed by atoms with van der Waals surface area (Å²) in [5.74, 6) is 1.10. The number of piperidine rings is 1. The fourth-order valence-electron chi connectivity index (χ4n) is 5.48. The minimum absolute atomic E-state index is 0.0122. The van der Waals surface area contributed by atoms with Crippen LogP contribution in [0.5, 0.6) is 0 Å². The summed E-state index contributed by atoms with van der Waals surface area (Å²) in [6, 6.07) is 12.5. The third-order valence-corrected chi connectivity index (χ3v) is 7.63. The molecule has 1 atom stereocenters. The van der Waals surface area contributed by atoms with Crippen molar-refractivity contribution in [3.8, 4) is 0 Å². The number of aromatic nitrogens is 3. The topological polar surface area (TPSA) is 83.4 Å². The van der Waals surface area contributed by atoms with E-state index in [9.17, 15) is 9.59 Å². The van der Waals surface area contributed by atoms with Crippen LogP contribution in [-0.2, 0) is 17.9 Å². The molecule has 5 rings (SSSR count). The summed E-state index contributed by atoms with van der Waals surface area (Å²) >= 11 is 0. The number of nitrogens with one attached hydrogen (secondary N) is 1. The van der Waals surface area contributed by atoms with Crippen molar-refractivity contribution in [1.29, 1.82) is 0 Å². The Morgan fingerprint density at radius 2 is 1.86 bits per heavy atom. The molecule has 0 bridgehead atoms. The van der Waals surface area contributed by atoms with Crippen molar-refractivity contribution in [1.82, 2.24) is 24.8 Å². The molecule has 0 spiro atoms. The van der Waals surface area contributed by atoms with Gasteiger partial charge in [0.05, 0.1) is 0 Å². The van der Waals surface area contributed by atoms with Crippen LogP contribution >= 0.6 is 0 Å². The third-order valence-electron chi connectivity index (χ3n) is 7.63. The van der Waals surface area contributed by atoms with Crippen LogP contribution in [-0.4, -0.2) is 58.1 Å². The summed E-state index contributed by atoms with van der Waals surface area (Å²) in [5.41, 5.74) is 3.87. The summed E-state index contributed by atoms with van der Waals surface area (Å²) in [4.78, 5) is 39.5. The maximum Gasteiger partial charge on any atom is 0.295 e. The Kier molecular flexibility index (Phi) is 7.32. The number of hydrogen-bond donors (Lipinski definition) is 1. The highest BCUT2D eigenvalue weighted by Crippen LogP contribution is 2.23. The number of carbonyl (C=O) groups is 1. The normalized spacial score (nSPS) is 19.2. The number of pyridine rings is 1. The highest BCUT2D eigenvalue weighted by molar-refractivity contribution is 5.79. The number of aryl methyl sites for hydroxylation is 2. The molecule has 1 aromatic carbocycles. The monoisotopic (exact) mass is 488 g/mol. The van der Waals surface area contributed by atoms with E-state index >= 15 is 0 Å². The van der Waals surface area contributed by atoms with Crippen LogP contribution < -0.4 is 15.8 Å². The van der Waals surface area contributed by atoms with Gasteiger partial charge in [-0.15, -0.1) is 0 Å². The largest absolute Gasteiger partial charge is 0.356 e. The standard InChI is InChI=1S/C28H36N6O2/c1-3-34-25-24(5-4-13-29-25)31-26(28(34)36)33-15-11-23(12-16-33)27(35)30-17-22-10-14-32(19-22)18-21-8-6-20(2)7-9-21/h4-9,13,22-23H,3,10-12,14-19H2,1-2H3,(H,30,35)/t22-/m0/s1. The number of rotatable bonds is 7. The minimum Gasteiger partial charge on any atom is -0.356 e. The van der Waals surface area contributed by atoms with E-state index in [1.165, 1.54) is 11.1 Å². The molecule has 190 valence electrons. The molecule has 0 unspecified atom stereocenters. The lowest BCUT2D eigenvalue weighted by Gasteiger charge is -2.32. The summed E-state index contributed by atoms with van der Waals surface area (Å²) in [6.45, 7) is 9.74. The van der Waals surface area contributed by atoms with Gasteiger partial charge in [-0.25, -0.2) is 9.97 Å². The molecule has 0 radical (unpaired) electrons. The van der Waals surface area contributed by atoms with Crippen molar-refractivity contribution >= 4 is 22.9 Å². The number of benzene rings is 1. The molecule has 4 heterocycles. The van der Waals surface area contributed by atoms with Gasteiger partial charge < -0.3 is 10.2 Å². The highest BCUT2D eigenvalue weighted by Gasteiger charge is 2.29.